The Hall–Kier alpha value is -9.16. The van der Waals surface area contributed by atoms with E-state index in [1.165, 1.54) is 114 Å². The first-order valence-electron chi connectivity index (χ1n) is 37.8. The lowest BCUT2D eigenvalue weighted by Crippen LogP contribution is -2.36. The van der Waals surface area contributed by atoms with E-state index in [2.05, 4.69) is 196 Å². The Bertz CT molecular complexity index is 4830. The normalized spacial score (nSPS) is 24.2. The average Bonchev–Trinajstić information content (AvgIpc) is 1.56. The van der Waals surface area contributed by atoms with Gasteiger partial charge in [-0.3, -0.25) is 19.9 Å². The van der Waals surface area contributed by atoms with Crippen LogP contribution in [-0.4, -0.2) is 92.2 Å². The number of hydrogen-bond donors (Lipinski definition) is 0. The van der Waals surface area contributed by atoms with Crippen molar-refractivity contribution < 1.29 is 12.3 Å². The van der Waals surface area contributed by atoms with Crippen LogP contribution in [0.5, 0.6) is 0 Å². The van der Waals surface area contributed by atoms with Crippen LogP contribution >= 0.6 is 0 Å². The summed E-state index contributed by atoms with van der Waals surface area (Å²) in [5.41, 5.74) is 26.5. The average molecular weight is 1260 g/mol. The molecule has 1 saturated carbocycles. The standard InChI is InChI=1S/C22H25N3.3C20H23N3/c1-15-8-9-17-18-7-6-12-23-21(18)22(10-4-5-11-22)19(17)20(15)25-14-13-24(3)16(25)2;1-13-10-17-16(11-19(13)23-9-8-22(5)14(23)2)15-6-7-21-12-18(15)20(17,3)4;1-13-8-9-15-16-7-6-10-21-19(16)20(3,4)17(15)18(13)23-12-11-22(5)14(23)2;1-13-11-17-16(12-18(13)23-10-9-22(5)14(23)2)15-7-6-8-21-19(15)20(17,3)4/h6-9,12-14,16H,4-5,10-11H2,1-3H3;3*6-12,14H,1-5H3/t16-;3*14-/m0000/s1/i;;3D3,5D3;5D3/t;;14-,20?;m. The summed E-state index contributed by atoms with van der Waals surface area (Å²) in [5.74, 6) is 0. The molecule has 4 aromatic heterocycles. The minimum Gasteiger partial charge on any atom is -0.359 e. The molecule has 0 radical (unpaired) electrons. The van der Waals surface area contributed by atoms with Crippen molar-refractivity contribution in [3.63, 3.8) is 0 Å². The van der Waals surface area contributed by atoms with Crippen molar-refractivity contribution >= 4 is 22.7 Å². The van der Waals surface area contributed by atoms with E-state index in [4.69, 9.17) is 17.3 Å². The minimum absolute atomic E-state index is 0.0193. The SMILES string of the molecule is Cc1cc2c(cc1N1C=CN(C)[C@@H]1C)-c1ccncc1C2(C)C.Cc1ccc2c(c1N1C=CN(C)[C@@H]1C)C1(CCCC1)c1ncccc1-2.[2H]C([2H])([2H])N1C=CN(c2c(C)ccc3c2C(C)(C([2H])([2H])[2H])c2ncccc2-3)[C@H]1C.[2H]C([2H])([2H])N1C=CN(c2cc3c(cc2C)C(C)(C)c2ncccc2-3)[C@H]1C. The molecule has 4 aliphatic heterocycles. The molecule has 4 aromatic carbocycles. The molecule has 17 rings (SSSR count). The van der Waals surface area contributed by atoms with Gasteiger partial charge in [-0.05, 0) is 183 Å². The molecule has 0 N–H and O–H groups in total. The molecule has 0 saturated heterocycles. The molecule has 0 amide bonds. The van der Waals surface area contributed by atoms with E-state index < -0.39 is 32.4 Å². The molecular weight excluding hydrogens is 1150 g/mol. The van der Waals surface area contributed by atoms with Crippen LogP contribution in [0.3, 0.4) is 0 Å². The zero-order chi connectivity index (χ0) is 73.7. The van der Waals surface area contributed by atoms with Gasteiger partial charge in [0.25, 0.3) is 0 Å². The number of hydrogen-bond acceptors (Lipinski definition) is 12. The summed E-state index contributed by atoms with van der Waals surface area (Å²) in [5, 5.41) is 0. The molecule has 8 heterocycles. The molecule has 8 aromatic rings. The van der Waals surface area contributed by atoms with Gasteiger partial charge in [-0.25, -0.2) is 0 Å². The second kappa shape index (κ2) is 22.8. The van der Waals surface area contributed by atoms with Crippen molar-refractivity contribution in [2.45, 2.75) is 169 Å². The highest BCUT2D eigenvalue weighted by Crippen LogP contribution is 2.60. The Morgan fingerprint density at radius 1 is 0.404 bits per heavy atom. The third-order valence-electron chi connectivity index (χ3n) is 22.2. The lowest BCUT2D eigenvalue weighted by Gasteiger charge is -2.35. The maximum Gasteiger partial charge on any atom is 0.102 e. The van der Waals surface area contributed by atoms with Crippen molar-refractivity contribution in [1.29, 1.82) is 0 Å². The maximum absolute atomic E-state index is 8.37. The predicted molar refractivity (Wildman–Crippen MR) is 389 cm³/mol. The van der Waals surface area contributed by atoms with Gasteiger partial charge in [-0.1, -0.05) is 109 Å². The van der Waals surface area contributed by atoms with Crippen molar-refractivity contribution in [2.75, 3.05) is 47.6 Å². The fraction of sp³-hybridized carbons (Fsp3) is 0.366. The number of fused-ring (bicyclic) bond motifs is 14. The van der Waals surface area contributed by atoms with Crippen molar-refractivity contribution in [2.24, 2.45) is 0 Å². The van der Waals surface area contributed by atoms with Crippen LogP contribution in [0.25, 0.3) is 44.5 Å². The molecule has 1 unspecified atom stereocenters. The van der Waals surface area contributed by atoms with Gasteiger partial charge in [0.05, 0.1) is 28.5 Å². The molecule has 482 valence electrons. The summed E-state index contributed by atoms with van der Waals surface area (Å²) >= 11 is 0. The van der Waals surface area contributed by atoms with E-state index in [1.807, 2.05) is 85.0 Å². The van der Waals surface area contributed by atoms with Gasteiger partial charge in [0, 0.05) is 171 Å². The van der Waals surface area contributed by atoms with Gasteiger partial charge in [0.15, 0.2) is 0 Å². The predicted octanol–water partition coefficient (Wildman–Crippen LogP) is 17.6. The van der Waals surface area contributed by atoms with Crippen molar-refractivity contribution in [1.82, 2.24) is 39.5 Å². The summed E-state index contributed by atoms with van der Waals surface area (Å²) in [6.45, 7) is 20.7. The lowest BCUT2D eigenvalue weighted by molar-refractivity contribution is 0.381. The van der Waals surface area contributed by atoms with Gasteiger partial charge in [0.1, 0.15) is 24.7 Å². The topological polar surface area (TPSA) is 77.5 Å². The largest absolute Gasteiger partial charge is 0.359 e. The molecule has 94 heavy (non-hydrogen) atoms. The van der Waals surface area contributed by atoms with E-state index in [1.54, 1.807) is 38.6 Å². The van der Waals surface area contributed by atoms with Gasteiger partial charge in [-0.15, -0.1) is 0 Å². The first kappa shape index (κ1) is 52.2. The van der Waals surface area contributed by atoms with Crippen LogP contribution in [-0.2, 0) is 21.7 Å². The summed E-state index contributed by atoms with van der Waals surface area (Å²) in [7, 11) is 4.27. The van der Waals surface area contributed by atoms with E-state index in [0.29, 0.717) is 23.6 Å². The number of benzene rings is 4. The Morgan fingerprint density at radius 2 is 0.840 bits per heavy atom. The third kappa shape index (κ3) is 9.49. The minimum atomic E-state index is -2.33. The van der Waals surface area contributed by atoms with Crippen LogP contribution in [0.4, 0.5) is 22.7 Å². The zero-order valence-electron chi connectivity index (χ0n) is 66.2. The Kier molecular flexibility index (Phi) is 12.7. The van der Waals surface area contributed by atoms with E-state index in [-0.39, 0.29) is 22.4 Å². The van der Waals surface area contributed by atoms with Crippen LogP contribution < -0.4 is 19.6 Å². The summed E-state index contributed by atoms with van der Waals surface area (Å²) < 4.78 is 71.6. The summed E-state index contributed by atoms with van der Waals surface area (Å²) in [6, 6.07) is 31.9. The molecule has 5 aliphatic carbocycles. The highest BCUT2D eigenvalue weighted by atomic mass is 15.4. The van der Waals surface area contributed by atoms with Crippen LogP contribution in [0.2, 0.25) is 0 Å². The number of anilines is 4. The number of pyridine rings is 4. The highest BCUT2D eigenvalue weighted by Gasteiger charge is 2.50. The molecule has 12 heteroatoms. The number of aromatic nitrogens is 4. The molecule has 12 nitrogen and oxygen atoms in total. The maximum atomic E-state index is 8.37. The quantitative estimate of drug-likeness (QED) is 0.168. The number of rotatable bonds is 4. The van der Waals surface area contributed by atoms with Gasteiger partial charge in [-0.2, -0.15) is 0 Å². The summed E-state index contributed by atoms with van der Waals surface area (Å²) in [4.78, 5) is 34.3. The molecule has 5 atom stereocenters. The Morgan fingerprint density at radius 3 is 1.36 bits per heavy atom. The Labute approximate surface area is 572 Å². The van der Waals surface area contributed by atoms with E-state index in [9.17, 15) is 0 Å². The molecule has 0 bridgehead atoms. The first-order valence-corrected chi connectivity index (χ1v) is 33.3. The van der Waals surface area contributed by atoms with Gasteiger partial charge >= 0.3 is 0 Å². The van der Waals surface area contributed by atoms with Crippen LogP contribution in [0, 0.1) is 27.7 Å². The Balaban J connectivity index is 0.000000116. The van der Waals surface area contributed by atoms with E-state index in [0.717, 1.165) is 44.9 Å². The molecule has 1 fully saturated rings. The van der Waals surface area contributed by atoms with Gasteiger partial charge in [0.2, 0.25) is 0 Å². The monoisotopic (exact) mass is 1260 g/mol. The third-order valence-corrected chi connectivity index (χ3v) is 22.2. The molecule has 1 spiro atoms. The fourth-order valence-corrected chi connectivity index (χ4v) is 16.6. The first-order chi connectivity index (χ1) is 48.5. The summed E-state index contributed by atoms with van der Waals surface area (Å²) in [6.07, 6.45) is 29.9. The van der Waals surface area contributed by atoms with Crippen LogP contribution in [0.1, 0.15) is 174 Å². The second-order valence-electron chi connectivity index (χ2n) is 28.5. The van der Waals surface area contributed by atoms with E-state index >= 15 is 0 Å². The molecular formula is C82H94N12. The fourth-order valence-electron chi connectivity index (χ4n) is 16.6. The highest BCUT2D eigenvalue weighted by molar-refractivity contribution is 5.90. The number of aryl methyl sites for hydroxylation is 4. The van der Waals surface area contributed by atoms with Crippen LogP contribution in [0.15, 0.2) is 172 Å². The second-order valence-corrected chi connectivity index (χ2v) is 28.5. The zero-order valence-corrected chi connectivity index (χ0v) is 57.2. The lowest BCUT2D eigenvalue weighted by atomic mass is 9.77. The van der Waals surface area contributed by atoms with Gasteiger partial charge < -0.3 is 39.2 Å². The van der Waals surface area contributed by atoms with Crippen molar-refractivity contribution in [3.8, 4) is 44.5 Å². The molecule has 9 aliphatic rings. The smallest absolute Gasteiger partial charge is 0.102 e. The number of nitrogens with zero attached hydrogens (tertiary/aromatic N) is 12. The van der Waals surface area contributed by atoms with Crippen molar-refractivity contribution in [3.05, 3.63) is 239 Å².